The average Bonchev–Trinajstić information content (AvgIpc) is 2.69. The number of hydrogen-bond acceptors (Lipinski definition) is 4. The molecule has 16 heavy (non-hydrogen) atoms. The summed E-state index contributed by atoms with van der Waals surface area (Å²) in [4.78, 5) is 8.29. The number of aryl methyl sites for hydroxylation is 2. The molecule has 0 unspecified atom stereocenters. The SMILES string of the molecule is Cc1nc(N2CCCCC2)sc1CCC#N. The number of thiazole rings is 1. The Kier molecular flexibility index (Phi) is 3.79. The molecule has 0 aliphatic carbocycles. The van der Waals surface area contributed by atoms with E-state index in [1.54, 1.807) is 11.3 Å². The molecule has 1 saturated heterocycles. The van der Waals surface area contributed by atoms with Gasteiger partial charge in [-0.1, -0.05) is 0 Å². The highest BCUT2D eigenvalue weighted by Gasteiger charge is 2.16. The quantitative estimate of drug-likeness (QED) is 0.808. The topological polar surface area (TPSA) is 39.9 Å². The number of anilines is 1. The molecule has 0 radical (unpaired) electrons. The predicted molar refractivity (Wildman–Crippen MR) is 66.8 cm³/mol. The van der Waals surface area contributed by atoms with E-state index in [1.807, 2.05) is 0 Å². The van der Waals surface area contributed by atoms with Gasteiger partial charge >= 0.3 is 0 Å². The molecule has 3 nitrogen and oxygen atoms in total. The van der Waals surface area contributed by atoms with Crippen LogP contribution in [0.4, 0.5) is 5.13 Å². The van der Waals surface area contributed by atoms with E-state index in [9.17, 15) is 0 Å². The third kappa shape index (κ3) is 2.53. The molecule has 1 aromatic rings. The fraction of sp³-hybridized carbons (Fsp3) is 0.667. The number of rotatable bonds is 3. The molecule has 1 fully saturated rings. The number of aromatic nitrogens is 1. The van der Waals surface area contributed by atoms with Crippen molar-refractivity contribution in [2.24, 2.45) is 0 Å². The van der Waals surface area contributed by atoms with Crippen molar-refractivity contribution in [3.05, 3.63) is 10.6 Å². The van der Waals surface area contributed by atoms with E-state index in [0.717, 1.165) is 30.3 Å². The molecule has 1 aliphatic heterocycles. The molecule has 4 heteroatoms. The Bertz CT molecular complexity index is 385. The van der Waals surface area contributed by atoms with E-state index in [2.05, 4.69) is 22.9 Å². The van der Waals surface area contributed by atoms with E-state index in [0.29, 0.717) is 6.42 Å². The molecule has 0 saturated carbocycles. The maximum absolute atomic E-state index is 8.60. The van der Waals surface area contributed by atoms with Gasteiger partial charge in [0.2, 0.25) is 0 Å². The predicted octanol–water partition coefficient (Wildman–Crippen LogP) is 2.90. The summed E-state index contributed by atoms with van der Waals surface area (Å²) >= 11 is 1.77. The maximum atomic E-state index is 8.60. The van der Waals surface area contributed by atoms with Crippen molar-refractivity contribution >= 4 is 16.5 Å². The molecule has 0 N–H and O–H groups in total. The van der Waals surface area contributed by atoms with Crippen LogP contribution in [0.2, 0.25) is 0 Å². The first kappa shape index (κ1) is 11.4. The van der Waals surface area contributed by atoms with Gasteiger partial charge in [0.25, 0.3) is 0 Å². The van der Waals surface area contributed by atoms with E-state index >= 15 is 0 Å². The Morgan fingerprint density at radius 1 is 1.38 bits per heavy atom. The summed E-state index contributed by atoms with van der Waals surface area (Å²) < 4.78 is 0. The normalized spacial score (nSPS) is 16.1. The van der Waals surface area contributed by atoms with Crippen molar-refractivity contribution in [1.82, 2.24) is 4.98 Å². The van der Waals surface area contributed by atoms with Gasteiger partial charge in [-0.3, -0.25) is 0 Å². The van der Waals surface area contributed by atoms with Crippen LogP contribution in [0.3, 0.4) is 0 Å². The standard InChI is InChI=1S/C12H17N3S/c1-10-11(6-5-7-13)16-12(14-10)15-8-3-2-4-9-15/h2-6,8-9H2,1H3. The lowest BCUT2D eigenvalue weighted by Gasteiger charge is -2.25. The molecule has 2 rings (SSSR count). The molecular weight excluding hydrogens is 218 g/mol. The third-order valence-corrected chi connectivity index (χ3v) is 4.25. The maximum Gasteiger partial charge on any atom is 0.185 e. The molecular formula is C12H17N3S. The highest BCUT2D eigenvalue weighted by atomic mass is 32.1. The first-order valence-electron chi connectivity index (χ1n) is 5.89. The first-order valence-corrected chi connectivity index (χ1v) is 6.71. The van der Waals surface area contributed by atoms with Gasteiger partial charge in [0.15, 0.2) is 5.13 Å². The molecule has 0 atom stereocenters. The smallest absolute Gasteiger partial charge is 0.185 e. The molecule has 2 heterocycles. The van der Waals surface area contributed by atoms with E-state index in [-0.39, 0.29) is 0 Å². The van der Waals surface area contributed by atoms with Crippen LogP contribution >= 0.6 is 11.3 Å². The number of nitriles is 1. The van der Waals surface area contributed by atoms with Crippen LogP contribution in [0, 0.1) is 18.3 Å². The number of nitrogens with zero attached hydrogens (tertiary/aromatic N) is 3. The van der Waals surface area contributed by atoms with Gasteiger partial charge in [0, 0.05) is 24.4 Å². The van der Waals surface area contributed by atoms with Crippen molar-refractivity contribution in [3.8, 4) is 6.07 Å². The van der Waals surface area contributed by atoms with Crippen LogP contribution < -0.4 is 4.90 Å². The third-order valence-electron chi connectivity index (χ3n) is 2.97. The minimum Gasteiger partial charge on any atom is -0.348 e. The fourth-order valence-corrected chi connectivity index (χ4v) is 3.15. The average molecular weight is 235 g/mol. The van der Waals surface area contributed by atoms with Crippen LogP contribution in [-0.4, -0.2) is 18.1 Å². The zero-order chi connectivity index (χ0) is 11.4. The van der Waals surface area contributed by atoms with Crippen molar-refractivity contribution in [3.63, 3.8) is 0 Å². The van der Waals surface area contributed by atoms with Gasteiger partial charge < -0.3 is 4.90 Å². The second-order valence-corrected chi connectivity index (χ2v) is 5.27. The summed E-state index contributed by atoms with van der Waals surface area (Å²) in [5, 5.41) is 9.76. The molecule has 1 aromatic heterocycles. The first-order chi connectivity index (χ1) is 7.81. The van der Waals surface area contributed by atoms with E-state index in [4.69, 9.17) is 5.26 Å². The van der Waals surface area contributed by atoms with E-state index in [1.165, 1.54) is 24.1 Å². The van der Waals surface area contributed by atoms with Gasteiger partial charge in [-0.25, -0.2) is 4.98 Å². The van der Waals surface area contributed by atoms with Crippen LogP contribution in [0.15, 0.2) is 0 Å². The van der Waals surface area contributed by atoms with Crippen LogP contribution in [0.25, 0.3) is 0 Å². The highest BCUT2D eigenvalue weighted by molar-refractivity contribution is 7.15. The Labute approximate surface area is 101 Å². The lowest BCUT2D eigenvalue weighted by molar-refractivity contribution is 0.576. The second kappa shape index (κ2) is 5.31. The fourth-order valence-electron chi connectivity index (χ4n) is 2.03. The minimum atomic E-state index is 0.600. The van der Waals surface area contributed by atoms with Crippen LogP contribution in [0.5, 0.6) is 0 Å². The summed E-state index contributed by atoms with van der Waals surface area (Å²) in [6.07, 6.45) is 5.37. The van der Waals surface area contributed by atoms with Crippen LogP contribution in [-0.2, 0) is 6.42 Å². The minimum absolute atomic E-state index is 0.600. The zero-order valence-corrected chi connectivity index (χ0v) is 10.5. The lowest BCUT2D eigenvalue weighted by atomic mass is 10.1. The van der Waals surface area contributed by atoms with Gasteiger partial charge in [-0.15, -0.1) is 11.3 Å². The van der Waals surface area contributed by atoms with Gasteiger partial charge in [0.1, 0.15) is 0 Å². The molecule has 0 amide bonds. The Balaban J connectivity index is 2.07. The van der Waals surface area contributed by atoms with Crippen molar-refractivity contribution in [2.75, 3.05) is 18.0 Å². The molecule has 86 valence electrons. The molecule has 1 aliphatic rings. The molecule has 0 aromatic carbocycles. The lowest BCUT2D eigenvalue weighted by Crippen LogP contribution is -2.29. The Morgan fingerprint density at radius 3 is 2.81 bits per heavy atom. The van der Waals surface area contributed by atoms with Gasteiger partial charge in [-0.2, -0.15) is 5.26 Å². The molecule has 0 spiro atoms. The van der Waals surface area contributed by atoms with Crippen LogP contribution in [0.1, 0.15) is 36.3 Å². The summed E-state index contributed by atoms with van der Waals surface area (Å²) in [5.41, 5.74) is 1.11. The summed E-state index contributed by atoms with van der Waals surface area (Å²) in [6, 6.07) is 2.20. The monoisotopic (exact) mass is 235 g/mol. The summed E-state index contributed by atoms with van der Waals surface area (Å²) in [7, 11) is 0. The van der Waals surface area contributed by atoms with Gasteiger partial charge in [0.05, 0.1) is 11.8 Å². The molecule has 0 bridgehead atoms. The second-order valence-electron chi connectivity index (χ2n) is 4.21. The summed E-state index contributed by atoms with van der Waals surface area (Å²) in [6.45, 7) is 4.34. The Hall–Kier alpha value is -1.08. The van der Waals surface area contributed by atoms with Crippen molar-refractivity contribution in [2.45, 2.75) is 39.0 Å². The Morgan fingerprint density at radius 2 is 2.12 bits per heavy atom. The number of piperidine rings is 1. The summed E-state index contributed by atoms with van der Waals surface area (Å²) in [5.74, 6) is 0. The zero-order valence-electron chi connectivity index (χ0n) is 9.70. The van der Waals surface area contributed by atoms with Gasteiger partial charge in [-0.05, 0) is 32.6 Å². The van der Waals surface area contributed by atoms with Crippen molar-refractivity contribution in [1.29, 1.82) is 5.26 Å². The van der Waals surface area contributed by atoms with E-state index < -0.39 is 0 Å². The van der Waals surface area contributed by atoms with Crippen molar-refractivity contribution < 1.29 is 0 Å². The largest absolute Gasteiger partial charge is 0.348 e. The highest BCUT2D eigenvalue weighted by Crippen LogP contribution is 2.28. The number of hydrogen-bond donors (Lipinski definition) is 0.